The maximum absolute atomic E-state index is 13.7. The number of hydrogen-bond donors (Lipinski definition) is 0. The van der Waals surface area contributed by atoms with Gasteiger partial charge in [-0.2, -0.15) is 0 Å². The SMILES string of the molecule is COc1cc(F)c(-c2ccnc(Cl)n2)c(F)c1. The first-order chi connectivity index (χ1) is 8.11. The third kappa shape index (κ3) is 2.34. The second-order valence-corrected chi connectivity index (χ2v) is 3.52. The summed E-state index contributed by atoms with van der Waals surface area (Å²) in [5.74, 6) is -1.43. The largest absolute Gasteiger partial charge is 0.497 e. The Hall–Kier alpha value is -1.75. The molecule has 0 aliphatic carbocycles. The lowest BCUT2D eigenvalue weighted by Crippen LogP contribution is -1.95. The minimum Gasteiger partial charge on any atom is -0.497 e. The fourth-order valence-electron chi connectivity index (χ4n) is 1.39. The van der Waals surface area contributed by atoms with Crippen LogP contribution < -0.4 is 4.74 Å². The lowest BCUT2D eigenvalue weighted by atomic mass is 10.1. The van der Waals surface area contributed by atoms with E-state index in [1.807, 2.05) is 0 Å². The highest BCUT2D eigenvalue weighted by Crippen LogP contribution is 2.28. The quantitative estimate of drug-likeness (QED) is 0.775. The van der Waals surface area contributed by atoms with Crippen molar-refractivity contribution in [2.75, 3.05) is 7.11 Å². The number of nitrogens with zero attached hydrogens (tertiary/aromatic N) is 2. The molecule has 0 amide bonds. The summed E-state index contributed by atoms with van der Waals surface area (Å²) in [6, 6.07) is 3.53. The highest BCUT2D eigenvalue weighted by atomic mass is 35.5. The molecule has 2 aromatic rings. The van der Waals surface area contributed by atoms with E-state index >= 15 is 0 Å². The van der Waals surface area contributed by atoms with Gasteiger partial charge in [0, 0.05) is 18.3 Å². The zero-order valence-electron chi connectivity index (χ0n) is 8.75. The van der Waals surface area contributed by atoms with Crippen LogP contribution >= 0.6 is 11.6 Å². The van der Waals surface area contributed by atoms with Crippen LogP contribution in [0.1, 0.15) is 0 Å². The lowest BCUT2D eigenvalue weighted by Gasteiger charge is -2.06. The first kappa shape index (κ1) is 11.7. The molecule has 1 heterocycles. The third-order valence-electron chi connectivity index (χ3n) is 2.13. The molecule has 1 aromatic heterocycles. The number of rotatable bonds is 2. The van der Waals surface area contributed by atoms with Crippen LogP contribution in [-0.2, 0) is 0 Å². The van der Waals surface area contributed by atoms with Crippen LogP contribution in [0.4, 0.5) is 8.78 Å². The number of aromatic nitrogens is 2. The molecule has 6 heteroatoms. The minimum absolute atomic E-state index is 0.0721. The number of methoxy groups -OCH3 is 1. The van der Waals surface area contributed by atoms with E-state index in [4.69, 9.17) is 16.3 Å². The van der Waals surface area contributed by atoms with Gasteiger partial charge in [-0.15, -0.1) is 0 Å². The van der Waals surface area contributed by atoms with Gasteiger partial charge in [-0.3, -0.25) is 0 Å². The molecule has 17 heavy (non-hydrogen) atoms. The van der Waals surface area contributed by atoms with Crippen LogP contribution in [0.2, 0.25) is 5.28 Å². The maximum Gasteiger partial charge on any atom is 0.222 e. The van der Waals surface area contributed by atoms with Crippen molar-refractivity contribution in [2.24, 2.45) is 0 Å². The molecule has 0 aliphatic heterocycles. The van der Waals surface area contributed by atoms with Gasteiger partial charge in [0.15, 0.2) is 0 Å². The average molecular weight is 257 g/mol. The molecule has 0 spiro atoms. The van der Waals surface area contributed by atoms with Gasteiger partial charge in [0.1, 0.15) is 17.4 Å². The fourth-order valence-corrected chi connectivity index (χ4v) is 1.53. The van der Waals surface area contributed by atoms with Gasteiger partial charge in [-0.05, 0) is 17.7 Å². The van der Waals surface area contributed by atoms with Crippen LogP contribution in [0.3, 0.4) is 0 Å². The Morgan fingerprint density at radius 2 is 1.88 bits per heavy atom. The van der Waals surface area contributed by atoms with Gasteiger partial charge >= 0.3 is 0 Å². The van der Waals surface area contributed by atoms with Gasteiger partial charge in [0.05, 0.1) is 18.4 Å². The lowest BCUT2D eigenvalue weighted by molar-refractivity contribution is 0.407. The molecule has 0 bridgehead atoms. The monoisotopic (exact) mass is 256 g/mol. The van der Waals surface area contributed by atoms with Crippen LogP contribution in [0.25, 0.3) is 11.3 Å². The van der Waals surface area contributed by atoms with Crippen molar-refractivity contribution in [3.05, 3.63) is 41.3 Å². The van der Waals surface area contributed by atoms with E-state index in [0.29, 0.717) is 0 Å². The molecule has 3 nitrogen and oxygen atoms in total. The zero-order chi connectivity index (χ0) is 12.4. The van der Waals surface area contributed by atoms with Crippen molar-refractivity contribution < 1.29 is 13.5 Å². The topological polar surface area (TPSA) is 35.0 Å². The maximum atomic E-state index is 13.7. The second-order valence-electron chi connectivity index (χ2n) is 3.18. The average Bonchev–Trinajstić information content (AvgIpc) is 2.28. The van der Waals surface area contributed by atoms with E-state index in [1.165, 1.54) is 19.4 Å². The van der Waals surface area contributed by atoms with Gasteiger partial charge < -0.3 is 4.74 Å². The molecule has 0 fully saturated rings. The Labute approximate surface area is 101 Å². The summed E-state index contributed by atoms with van der Waals surface area (Å²) in [5.41, 5.74) is -0.169. The number of ether oxygens (including phenoxy) is 1. The molecule has 0 aliphatic rings. The Morgan fingerprint density at radius 3 is 2.41 bits per heavy atom. The van der Waals surface area contributed by atoms with Crippen molar-refractivity contribution in [3.8, 4) is 17.0 Å². The normalized spacial score (nSPS) is 10.4. The molecule has 0 atom stereocenters. The summed E-state index contributed by atoms with van der Waals surface area (Å²) in [6.45, 7) is 0. The molecular formula is C11H7ClF2N2O. The van der Waals surface area contributed by atoms with Gasteiger partial charge in [0.25, 0.3) is 0 Å². The van der Waals surface area contributed by atoms with Crippen molar-refractivity contribution in [2.45, 2.75) is 0 Å². The van der Waals surface area contributed by atoms with Gasteiger partial charge in [-0.1, -0.05) is 0 Å². The Morgan fingerprint density at radius 1 is 1.24 bits per heavy atom. The molecular weight excluding hydrogens is 250 g/mol. The summed E-state index contributed by atoms with van der Waals surface area (Å²) in [7, 11) is 1.33. The Kier molecular flexibility index (Phi) is 3.19. The summed E-state index contributed by atoms with van der Waals surface area (Å²) < 4.78 is 32.1. The van der Waals surface area contributed by atoms with Crippen molar-refractivity contribution >= 4 is 11.6 Å². The van der Waals surface area contributed by atoms with Crippen molar-refractivity contribution in [1.29, 1.82) is 0 Å². The van der Waals surface area contributed by atoms with Gasteiger partial charge in [0.2, 0.25) is 5.28 Å². The van der Waals surface area contributed by atoms with E-state index in [0.717, 1.165) is 12.1 Å². The molecule has 0 saturated heterocycles. The standard InChI is InChI=1S/C11H7ClF2N2O/c1-17-6-4-7(13)10(8(14)5-6)9-2-3-15-11(12)16-9/h2-5H,1H3. The Bertz CT molecular complexity index is 540. The summed E-state index contributed by atoms with van der Waals surface area (Å²) in [6.07, 6.45) is 1.33. The summed E-state index contributed by atoms with van der Waals surface area (Å²) in [5, 5.41) is -0.0721. The summed E-state index contributed by atoms with van der Waals surface area (Å²) in [4.78, 5) is 7.40. The van der Waals surface area contributed by atoms with E-state index in [9.17, 15) is 8.78 Å². The molecule has 0 saturated carbocycles. The Balaban J connectivity index is 2.60. The second kappa shape index (κ2) is 4.63. The van der Waals surface area contributed by atoms with E-state index in [-0.39, 0.29) is 22.3 Å². The highest BCUT2D eigenvalue weighted by Gasteiger charge is 2.15. The van der Waals surface area contributed by atoms with Crippen LogP contribution in [0.5, 0.6) is 5.75 Å². The van der Waals surface area contributed by atoms with Crippen LogP contribution in [-0.4, -0.2) is 17.1 Å². The van der Waals surface area contributed by atoms with Crippen LogP contribution in [0.15, 0.2) is 24.4 Å². The van der Waals surface area contributed by atoms with Crippen molar-refractivity contribution in [1.82, 2.24) is 9.97 Å². The molecule has 1 aromatic carbocycles. The molecule has 0 radical (unpaired) electrons. The molecule has 88 valence electrons. The molecule has 0 unspecified atom stereocenters. The first-order valence-electron chi connectivity index (χ1n) is 4.64. The summed E-state index contributed by atoms with van der Waals surface area (Å²) >= 11 is 5.57. The van der Waals surface area contributed by atoms with E-state index < -0.39 is 11.6 Å². The number of halogens is 3. The predicted octanol–water partition coefficient (Wildman–Crippen LogP) is 3.08. The fraction of sp³-hybridized carbons (Fsp3) is 0.0909. The molecule has 0 N–H and O–H groups in total. The first-order valence-corrected chi connectivity index (χ1v) is 5.01. The van der Waals surface area contributed by atoms with E-state index in [1.54, 1.807) is 0 Å². The third-order valence-corrected chi connectivity index (χ3v) is 2.32. The smallest absolute Gasteiger partial charge is 0.222 e. The van der Waals surface area contributed by atoms with Crippen LogP contribution in [0, 0.1) is 11.6 Å². The number of benzene rings is 1. The molecule has 2 rings (SSSR count). The van der Waals surface area contributed by atoms with Gasteiger partial charge in [-0.25, -0.2) is 18.7 Å². The predicted molar refractivity (Wildman–Crippen MR) is 58.9 cm³/mol. The number of hydrogen-bond acceptors (Lipinski definition) is 3. The highest BCUT2D eigenvalue weighted by molar-refractivity contribution is 6.28. The van der Waals surface area contributed by atoms with E-state index in [2.05, 4.69) is 9.97 Å². The minimum atomic E-state index is -0.767. The van der Waals surface area contributed by atoms with Crippen molar-refractivity contribution in [3.63, 3.8) is 0 Å². The zero-order valence-corrected chi connectivity index (χ0v) is 9.50.